The van der Waals surface area contributed by atoms with Gasteiger partial charge in [0.25, 0.3) is 0 Å². The fourth-order valence-corrected chi connectivity index (χ4v) is 3.25. The van der Waals surface area contributed by atoms with Crippen molar-refractivity contribution in [3.63, 3.8) is 0 Å². The van der Waals surface area contributed by atoms with E-state index in [2.05, 4.69) is 21.9 Å². The topological polar surface area (TPSA) is 123 Å². The smallest absolute Gasteiger partial charge is 0.246 e. The van der Waals surface area contributed by atoms with Crippen molar-refractivity contribution in [2.45, 2.75) is 43.0 Å². The third-order valence-corrected chi connectivity index (χ3v) is 4.84. The second-order valence-corrected chi connectivity index (χ2v) is 6.48. The van der Waals surface area contributed by atoms with Gasteiger partial charge in [-0.15, -0.1) is 0 Å². The van der Waals surface area contributed by atoms with E-state index in [1.165, 1.54) is 29.8 Å². The number of imidazole rings is 1. The van der Waals surface area contributed by atoms with E-state index in [9.17, 15) is 15.3 Å². The van der Waals surface area contributed by atoms with Crippen LogP contribution < -0.4 is 4.74 Å². The van der Waals surface area contributed by atoms with E-state index in [0.29, 0.717) is 22.2 Å². The highest BCUT2D eigenvalue weighted by Crippen LogP contribution is 2.33. The lowest BCUT2D eigenvalue weighted by molar-refractivity contribution is -0.0511. The maximum Gasteiger partial charge on any atom is 0.246 e. The highest BCUT2D eigenvalue weighted by molar-refractivity contribution is 7.99. The number of aliphatic hydroxyl groups is 3. The summed E-state index contributed by atoms with van der Waals surface area (Å²) < 4.78 is 12.4. The fraction of sp³-hybridized carbons (Fsp3) is 0.643. The molecule has 10 heteroatoms. The van der Waals surface area contributed by atoms with E-state index in [-0.39, 0.29) is 0 Å². The van der Waals surface area contributed by atoms with Gasteiger partial charge in [-0.05, 0) is 6.42 Å². The van der Waals surface area contributed by atoms with Crippen LogP contribution >= 0.6 is 11.8 Å². The largest absolute Gasteiger partial charge is 0.479 e. The summed E-state index contributed by atoms with van der Waals surface area (Å²) in [5.41, 5.74) is 0.881. The first kappa shape index (κ1) is 17.4. The summed E-state index contributed by atoms with van der Waals surface area (Å²) in [4.78, 5) is 13.0. The number of aromatic nitrogens is 4. The third-order valence-electron chi connectivity index (χ3n) is 3.79. The Morgan fingerprint density at radius 3 is 2.75 bits per heavy atom. The number of ether oxygens (including phenoxy) is 2. The molecule has 3 N–H and O–H groups in total. The Balaban J connectivity index is 2.02. The zero-order chi connectivity index (χ0) is 17.3. The van der Waals surface area contributed by atoms with E-state index >= 15 is 0 Å². The highest BCUT2D eigenvalue weighted by Gasteiger charge is 2.44. The Labute approximate surface area is 142 Å². The van der Waals surface area contributed by atoms with E-state index in [0.717, 1.165) is 12.2 Å². The molecule has 4 atom stereocenters. The molecule has 0 bridgehead atoms. The van der Waals surface area contributed by atoms with Gasteiger partial charge in [0.05, 0.1) is 20.0 Å². The molecule has 9 nitrogen and oxygen atoms in total. The molecule has 0 amide bonds. The molecule has 1 unspecified atom stereocenters. The highest BCUT2D eigenvalue weighted by atomic mass is 32.2. The average molecular weight is 356 g/mol. The number of thioether (sulfide) groups is 1. The summed E-state index contributed by atoms with van der Waals surface area (Å²) >= 11 is 1.49. The standard InChI is InChI=1S/C14H20N4O5S/c1-3-4-24-14-16-11-8(12(17-14)22-2)15-6-18(11)13-10(21)9(20)7(5-19)23-13/h6-7,9-10,13,19-21H,3-5H2,1-2H3/t7-,9-,10-,13?/m1/s1. The number of rotatable bonds is 6. The van der Waals surface area contributed by atoms with Crippen molar-refractivity contribution >= 4 is 22.9 Å². The number of hydrogen-bond donors (Lipinski definition) is 3. The van der Waals surface area contributed by atoms with Crippen LogP contribution in [0, 0.1) is 0 Å². The number of fused-ring (bicyclic) bond motifs is 1. The lowest BCUT2D eigenvalue weighted by Crippen LogP contribution is -2.33. The quantitative estimate of drug-likeness (QED) is 0.483. The minimum absolute atomic E-state index is 0.337. The monoisotopic (exact) mass is 356 g/mol. The predicted octanol–water partition coefficient (Wildman–Crippen LogP) is -0.0515. The van der Waals surface area contributed by atoms with Gasteiger partial charge in [-0.2, -0.15) is 4.98 Å². The molecule has 1 saturated heterocycles. The van der Waals surface area contributed by atoms with Gasteiger partial charge >= 0.3 is 0 Å². The van der Waals surface area contributed by atoms with Crippen LogP contribution in [0.4, 0.5) is 0 Å². The van der Waals surface area contributed by atoms with E-state index in [4.69, 9.17) is 9.47 Å². The van der Waals surface area contributed by atoms with Gasteiger partial charge in [0.2, 0.25) is 5.88 Å². The van der Waals surface area contributed by atoms with Crippen molar-refractivity contribution in [1.29, 1.82) is 0 Å². The molecule has 24 heavy (non-hydrogen) atoms. The van der Waals surface area contributed by atoms with Crippen molar-refractivity contribution in [3.05, 3.63) is 6.33 Å². The zero-order valence-corrected chi connectivity index (χ0v) is 14.2. The third kappa shape index (κ3) is 2.95. The number of hydrogen-bond acceptors (Lipinski definition) is 9. The Morgan fingerprint density at radius 2 is 2.12 bits per heavy atom. The minimum Gasteiger partial charge on any atom is -0.479 e. The molecule has 3 heterocycles. The van der Waals surface area contributed by atoms with E-state index < -0.39 is 31.1 Å². The van der Waals surface area contributed by atoms with Crippen LogP contribution in [0.25, 0.3) is 11.2 Å². The van der Waals surface area contributed by atoms with E-state index in [1.807, 2.05) is 0 Å². The van der Waals surface area contributed by atoms with Crippen LogP contribution in [-0.4, -0.2) is 72.6 Å². The number of aliphatic hydroxyl groups excluding tert-OH is 3. The maximum atomic E-state index is 10.2. The fourth-order valence-electron chi connectivity index (χ4n) is 2.57. The minimum atomic E-state index is -1.20. The average Bonchev–Trinajstić information content (AvgIpc) is 3.14. The van der Waals surface area contributed by atoms with Crippen molar-refractivity contribution < 1.29 is 24.8 Å². The van der Waals surface area contributed by atoms with Gasteiger partial charge in [0, 0.05) is 5.75 Å². The summed E-state index contributed by atoms with van der Waals surface area (Å²) in [6, 6.07) is 0. The summed E-state index contributed by atoms with van der Waals surface area (Å²) in [7, 11) is 1.50. The van der Waals surface area contributed by atoms with Gasteiger partial charge in [0.15, 0.2) is 22.5 Å². The molecule has 1 aliphatic heterocycles. The Kier molecular flexibility index (Phi) is 5.21. The summed E-state index contributed by atoms with van der Waals surface area (Å²) in [6.07, 6.45) is -1.72. The molecule has 0 radical (unpaired) electrons. The van der Waals surface area contributed by atoms with Crippen LogP contribution in [0.2, 0.25) is 0 Å². The molecule has 0 spiro atoms. The molecule has 0 saturated carbocycles. The van der Waals surface area contributed by atoms with Gasteiger partial charge in [-0.3, -0.25) is 4.57 Å². The van der Waals surface area contributed by atoms with Crippen LogP contribution in [-0.2, 0) is 4.74 Å². The summed E-state index contributed by atoms with van der Waals surface area (Å²) in [5.74, 6) is 1.19. The molecule has 1 aliphatic rings. The molecule has 2 aromatic rings. The van der Waals surface area contributed by atoms with E-state index in [1.54, 1.807) is 0 Å². The number of methoxy groups -OCH3 is 1. The molecular weight excluding hydrogens is 336 g/mol. The second-order valence-electron chi connectivity index (χ2n) is 5.42. The van der Waals surface area contributed by atoms with Crippen LogP contribution in [0.1, 0.15) is 19.6 Å². The number of nitrogens with zero attached hydrogens (tertiary/aromatic N) is 4. The van der Waals surface area contributed by atoms with Gasteiger partial charge in [-0.1, -0.05) is 18.7 Å². The second kappa shape index (κ2) is 7.19. The van der Waals surface area contributed by atoms with Crippen molar-refractivity contribution in [2.24, 2.45) is 0 Å². The first-order chi connectivity index (χ1) is 11.6. The van der Waals surface area contributed by atoms with Crippen molar-refractivity contribution in [3.8, 4) is 5.88 Å². The van der Waals surface area contributed by atoms with Crippen LogP contribution in [0.5, 0.6) is 5.88 Å². The Hall–Kier alpha value is -1.46. The van der Waals surface area contributed by atoms with Gasteiger partial charge < -0.3 is 24.8 Å². The molecular formula is C14H20N4O5S. The molecule has 132 valence electrons. The Morgan fingerprint density at radius 1 is 1.33 bits per heavy atom. The summed E-state index contributed by atoms with van der Waals surface area (Å²) in [6.45, 7) is 1.67. The molecule has 0 aliphatic carbocycles. The SMILES string of the molecule is CCCSc1nc(OC)c2ncn(C3O[C@H](CO)[C@@H](O)[C@H]3O)c2n1. The lowest BCUT2D eigenvalue weighted by Gasteiger charge is -2.16. The molecule has 1 fully saturated rings. The van der Waals surface area contributed by atoms with Crippen molar-refractivity contribution in [1.82, 2.24) is 19.5 Å². The first-order valence-corrected chi connectivity index (χ1v) is 8.63. The lowest BCUT2D eigenvalue weighted by atomic mass is 10.1. The Bertz CT molecular complexity index is 712. The first-order valence-electron chi connectivity index (χ1n) is 7.64. The van der Waals surface area contributed by atoms with Crippen LogP contribution in [0.15, 0.2) is 11.5 Å². The maximum absolute atomic E-state index is 10.2. The summed E-state index contributed by atoms with van der Waals surface area (Å²) in [5, 5.41) is 29.9. The zero-order valence-electron chi connectivity index (χ0n) is 13.4. The molecule has 3 rings (SSSR count). The van der Waals surface area contributed by atoms with Crippen LogP contribution in [0.3, 0.4) is 0 Å². The normalized spacial score (nSPS) is 27.0. The van der Waals surface area contributed by atoms with Crippen molar-refractivity contribution in [2.75, 3.05) is 19.5 Å². The molecule has 0 aromatic carbocycles. The van der Waals surface area contributed by atoms with Gasteiger partial charge in [0.1, 0.15) is 18.3 Å². The predicted molar refractivity (Wildman–Crippen MR) is 85.9 cm³/mol. The molecule has 2 aromatic heterocycles. The van der Waals surface area contributed by atoms with Gasteiger partial charge in [-0.25, -0.2) is 9.97 Å².